The number of aryl methyl sites for hydroxylation is 2. The molecular formula is C19H25F3N6. The Bertz CT molecular complexity index is 802. The van der Waals surface area contributed by atoms with Crippen LogP contribution >= 0.6 is 0 Å². The number of hydrogen-bond acceptors (Lipinski definition) is 5. The van der Waals surface area contributed by atoms with Gasteiger partial charge in [0.2, 0.25) is 0 Å². The second-order valence-electron chi connectivity index (χ2n) is 7.81. The molecule has 1 saturated heterocycles. The van der Waals surface area contributed by atoms with Crippen LogP contribution in [0, 0.1) is 6.92 Å². The molecule has 4 rings (SSSR count). The summed E-state index contributed by atoms with van der Waals surface area (Å²) >= 11 is 0. The Morgan fingerprint density at radius 3 is 2.32 bits per heavy atom. The number of halogens is 3. The maximum absolute atomic E-state index is 13.1. The molecule has 1 saturated carbocycles. The van der Waals surface area contributed by atoms with Crippen LogP contribution in [0.5, 0.6) is 0 Å². The van der Waals surface area contributed by atoms with E-state index in [0.29, 0.717) is 11.9 Å². The van der Waals surface area contributed by atoms with E-state index >= 15 is 0 Å². The van der Waals surface area contributed by atoms with Gasteiger partial charge in [0.15, 0.2) is 0 Å². The summed E-state index contributed by atoms with van der Waals surface area (Å²) in [6, 6.07) is 3.71. The van der Waals surface area contributed by atoms with Gasteiger partial charge in [0.25, 0.3) is 0 Å². The van der Waals surface area contributed by atoms with E-state index in [0.717, 1.165) is 69.1 Å². The molecule has 0 amide bonds. The summed E-state index contributed by atoms with van der Waals surface area (Å²) in [6.07, 6.45) is 0.433. The summed E-state index contributed by atoms with van der Waals surface area (Å²) in [7, 11) is 1.94. The standard InChI is InChI=1S/C19H25F3N6/c1-13-9-14(25-26(13)2)11-27-7-5-16(6-8-27)28(15-3-4-15)18-10-17(19(20,21)22)23-12-24-18/h9-10,12,15-16H,3-8,11H2,1-2H3. The van der Waals surface area contributed by atoms with Crippen molar-refractivity contribution < 1.29 is 13.2 Å². The molecule has 3 heterocycles. The number of anilines is 1. The summed E-state index contributed by atoms with van der Waals surface area (Å²) in [4.78, 5) is 12.1. The Hall–Kier alpha value is -2.16. The molecule has 1 aliphatic heterocycles. The number of rotatable bonds is 5. The summed E-state index contributed by atoms with van der Waals surface area (Å²) in [5, 5.41) is 4.52. The Morgan fingerprint density at radius 2 is 1.75 bits per heavy atom. The number of piperidine rings is 1. The van der Waals surface area contributed by atoms with Crippen LogP contribution in [0.4, 0.5) is 19.0 Å². The van der Waals surface area contributed by atoms with Crippen molar-refractivity contribution in [3.63, 3.8) is 0 Å². The monoisotopic (exact) mass is 394 g/mol. The molecule has 0 atom stereocenters. The van der Waals surface area contributed by atoms with Gasteiger partial charge in [0, 0.05) is 50.5 Å². The van der Waals surface area contributed by atoms with Gasteiger partial charge in [-0.15, -0.1) is 0 Å². The van der Waals surface area contributed by atoms with Crippen molar-refractivity contribution in [2.75, 3.05) is 18.0 Å². The molecule has 2 aromatic heterocycles. The molecule has 0 spiro atoms. The Labute approximate surface area is 162 Å². The molecule has 28 heavy (non-hydrogen) atoms. The Balaban J connectivity index is 1.43. The number of aromatic nitrogens is 4. The van der Waals surface area contributed by atoms with E-state index in [1.807, 2.05) is 18.7 Å². The summed E-state index contributed by atoms with van der Waals surface area (Å²) in [6.45, 7) is 4.65. The number of hydrogen-bond donors (Lipinski definition) is 0. The second kappa shape index (κ2) is 7.35. The van der Waals surface area contributed by atoms with Gasteiger partial charge in [-0.25, -0.2) is 9.97 Å². The van der Waals surface area contributed by atoms with Crippen molar-refractivity contribution >= 4 is 5.82 Å². The maximum Gasteiger partial charge on any atom is 0.433 e. The smallest absolute Gasteiger partial charge is 0.350 e. The molecule has 0 unspecified atom stereocenters. The van der Waals surface area contributed by atoms with E-state index in [4.69, 9.17) is 0 Å². The lowest BCUT2D eigenvalue weighted by Crippen LogP contribution is -2.46. The lowest BCUT2D eigenvalue weighted by Gasteiger charge is -2.39. The van der Waals surface area contributed by atoms with E-state index in [1.165, 1.54) is 0 Å². The topological polar surface area (TPSA) is 50.1 Å². The fraction of sp³-hybridized carbons (Fsp3) is 0.632. The van der Waals surface area contributed by atoms with Gasteiger partial charge in [0.05, 0.1) is 5.69 Å². The van der Waals surface area contributed by atoms with Crippen LogP contribution in [0.2, 0.25) is 0 Å². The van der Waals surface area contributed by atoms with Crippen molar-refractivity contribution in [3.05, 3.63) is 35.5 Å². The van der Waals surface area contributed by atoms with Crippen LogP contribution in [-0.2, 0) is 19.8 Å². The molecule has 0 bridgehead atoms. The normalized spacial score (nSPS) is 19.2. The van der Waals surface area contributed by atoms with Gasteiger partial charge < -0.3 is 4.90 Å². The zero-order valence-corrected chi connectivity index (χ0v) is 16.2. The van der Waals surface area contributed by atoms with Gasteiger partial charge in [-0.05, 0) is 38.7 Å². The van der Waals surface area contributed by atoms with Gasteiger partial charge in [-0.3, -0.25) is 9.58 Å². The highest BCUT2D eigenvalue weighted by Gasteiger charge is 2.38. The van der Waals surface area contributed by atoms with Crippen molar-refractivity contribution in [2.45, 2.75) is 57.4 Å². The summed E-state index contributed by atoms with van der Waals surface area (Å²) < 4.78 is 41.0. The minimum atomic E-state index is -4.45. The van der Waals surface area contributed by atoms with E-state index in [2.05, 4.69) is 30.9 Å². The highest BCUT2D eigenvalue weighted by molar-refractivity contribution is 5.44. The maximum atomic E-state index is 13.1. The van der Waals surface area contributed by atoms with Gasteiger partial charge in [-0.1, -0.05) is 0 Å². The molecule has 6 nitrogen and oxygen atoms in total. The lowest BCUT2D eigenvalue weighted by atomic mass is 10.0. The van der Waals surface area contributed by atoms with Crippen LogP contribution in [0.15, 0.2) is 18.5 Å². The summed E-state index contributed by atoms with van der Waals surface area (Å²) in [5.41, 5.74) is 1.32. The third-order valence-corrected chi connectivity index (χ3v) is 5.65. The van der Waals surface area contributed by atoms with Gasteiger partial charge in [0.1, 0.15) is 17.8 Å². The molecule has 2 aromatic rings. The average molecular weight is 394 g/mol. The number of likely N-dealkylation sites (tertiary alicyclic amines) is 1. The molecule has 2 fully saturated rings. The van der Waals surface area contributed by atoms with E-state index in [1.54, 1.807) is 0 Å². The van der Waals surface area contributed by atoms with Gasteiger partial charge in [-0.2, -0.15) is 18.3 Å². The largest absolute Gasteiger partial charge is 0.433 e. The first-order chi connectivity index (χ1) is 13.3. The van der Waals surface area contributed by atoms with Crippen LogP contribution < -0.4 is 4.90 Å². The van der Waals surface area contributed by atoms with Crippen molar-refractivity contribution in [1.29, 1.82) is 0 Å². The summed E-state index contributed by atoms with van der Waals surface area (Å²) in [5.74, 6) is 0.406. The molecule has 1 aliphatic carbocycles. The highest BCUT2D eigenvalue weighted by atomic mass is 19.4. The van der Waals surface area contributed by atoms with Crippen LogP contribution in [0.1, 0.15) is 42.8 Å². The average Bonchev–Trinajstić information content (AvgIpc) is 3.42. The zero-order valence-electron chi connectivity index (χ0n) is 16.2. The van der Waals surface area contributed by atoms with E-state index in [-0.39, 0.29) is 6.04 Å². The highest BCUT2D eigenvalue weighted by Crippen LogP contribution is 2.37. The van der Waals surface area contributed by atoms with E-state index in [9.17, 15) is 13.2 Å². The minimum absolute atomic E-state index is 0.213. The fourth-order valence-electron chi connectivity index (χ4n) is 3.97. The Kier molecular flexibility index (Phi) is 5.03. The fourth-order valence-corrected chi connectivity index (χ4v) is 3.97. The molecule has 152 valence electrons. The van der Waals surface area contributed by atoms with Gasteiger partial charge >= 0.3 is 6.18 Å². The molecule has 0 N–H and O–H groups in total. The molecule has 0 aromatic carbocycles. The van der Waals surface area contributed by atoms with Crippen molar-refractivity contribution in [1.82, 2.24) is 24.6 Å². The van der Waals surface area contributed by atoms with E-state index < -0.39 is 11.9 Å². The quantitative estimate of drug-likeness (QED) is 0.780. The second-order valence-corrected chi connectivity index (χ2v) is 7.81. The van der Waals surface area contributed by atoms with Crippen LogP contribution in [0.3, 0.4) is 0 Å². The zero-order chi connectivity index (χ0) is 19.9. The molecule has 9 heteroatoms. The lowest BCUT2D eigenvalue weighted by molar-refractivity contribution is -0.141. The SMILES string of the molecule is Cc1cc(CN2CCC(N(c3cc(C(F)(F)F)ncn3)C3CC3)CC2)nn1C. The molecule has 2 aliphatic rings. The first-order valence-corrected chi connectivity index (χ1v) is 9.70. The molecular weight excluding hydrogens is 369 g/mol. The number of nitrogens with zero attached hydrogens (tertiary/aromatic N) is 6. The first-order valence-electron chi connectivity index (χ1n) is 9.70. The minimum Gasteiger partial charge on any atom is -0.350 e. The third-order valence-electron chi connectivity index (χ3n) is 5.65. The molecule has 0 radical (unpaired) electrons. The van der Waals surface area contributed by atoms with Crippen molar-refractivity contribution in [2.24, 2.45) is 7.05 Å². The van der Waals surface area contributed by atoms with Crippen molar-refractivity contribution in [3.8, 4) is 0 Å². The number of alkyl halides is 3. The van der Waals surface area contributed by atoms with Crippen LogP contribution in [0.25, 0.3) is 0 Å². The van der Waals surface area contributed by atoms with Crippen LogP contribution in [-0.4, -0.2) is 49.8 Å². The first kappa shape index (κ1) is 19.2. The third kappa shape index (κ3) is 4.14. The predicted molar refractivity (Wildman–Crippen MR) is 98.8 cm³/mol. The Morgan fingerprint density at radius 1 is 1.07 bits per heavy atom. The predicted octanol–water partition coefficient (Wildman–Crippen LogP) is 3.17.